The highest BCUT2D eigenvalue weighted by molar-refractivity contribution is 5.97. The minimum absolute atomic E-state index is 0.0269. The fraction of sp³-hybridized carbons (Fsp3) is 0.200. The predicted octanol–water partition coefficient (Wildman–Crippen LogP) is -0.572. The lowest BCUT2D eigenvalue weighted by atomic mass is 10.1. The third-order valence-corrected chi connectivity index (χ3v) is 4.76. The molecule has 1 aromatic carbocycles. The number of carboxylic acids is 2. The summed E-state index contributed by atoms with van der Waals surface area (Å²) in [5, 5.41) is 20.2. The Morgan fingerprint density at radius 3 is 2.40 bits per heavy atom. The van der Waals surface area contributed by atoms with Crippen LogP contribution < -0.4 is 27.2 Å². The molecule has 0 fully saturated rings. The lowest BCUT2D eigenvalue weighted by molar-refractivity contribution is -0.140. The molecule has 15 heteroatoms. The van der Waals surface area contributed by atoms with Gasteiger partial charge in [0.2, 0.25) is 5.95 Å². The molecule has 0 saturated heterocycles. The summed E-state index contributed by atoms with van der Waals surface area (Å²) in [6.45, 7) is -0.163. The van der Waals surface area contributed by atoms with Crippen LogP contribution >= 0.6 is 0 Å². The number of carbonyl (C=O) groups excluding carboxylic acids is 2. The van der Waals surface area contributed by atoms with E-state index in [-0.39, 0.29) is 47.0 Å². The summed E-state index contributed by atoms with van der Waals surface area (Å²) in [7, 11) is 0. The lowest BCUT2D eigenvalue weighted by Gasteiger charge is -2.20. The van der Waals surface area contributed by atoms with Gasteiger partial charge in [-0.1, -0.05) is 0 Å². The van der Waals surface area contributed by atoms with Crippen LogP contribution in [-0.4, -0.2) is 60.1 Å². The molecule has 0 aliphatic carbocycles. The summed E-state index contributed by atoms with van der Waals surface area (Å²) in [4.78, 5) is 73.9. The number of nitrogen functional groups attached to an aromatic ring is 1. The largest absolute Gasteiger partial charge is 0.481 e. The molecular weight excluding hydrogens is 464 g/mol. The van der Waals surface area contributed by atoms with E-state index in [0.717, 1.165) is 4.90 Å². The van der Waals surface area contributed by atoms with Crippen molar-refractivity contribution in [3.05, 3.63) is 52.1 Å². The number of benzene rings is 1. The number of aliphatic carboxylic acids is 2. The minimum atomic E-state index is -1.39. The number of primary amides is 1. The van der Waals surface area contributed by atoms with Gasteiger partial charge in [0.05, 0.1) is 18.4 Å². The highest BCUT2D eigenvalue weighted by Gasteiger charge is 2.22. The number of aromatic nitrogens is 4. The second-order valence-corrected chi connectivity index (χ2v) is 7.25. The van der Waals surface area contributed by atoms with Crippen molar-refractivity contribution in [1.29, 1.82) is 0 Å². The molecule has 0 unspecified atom stereocenters. The second-order valence-electron chi connectivity index (χ2n) is 7.25. The van der Waals surface area contributed by atoms with Gasteiger partial charge in [-0.3, -0.25) is 24.3 Å². The zero-order valence-corrected chi connectivity index (χ0v) is 18.0. The topological polar surface area (TPSA) is 248 Å². The molecule has 1 atom stereocenters. The summed E-state index contributed by atoms with van der Waals surface area (Å²) in [6, 6.07) is 3.22. The summed E-state index contributed by atoms with van der Waals surface area (Å²) in [6.07, 6.45) is 0.577. The molecule has 3 amide bonds. The maximum Gasteiger partial charge on any atom is 0.326 e. The molecule has 0 aliphatic heterocycles. The molecule has 15 nitrogen and oxygen atoms in total. The van der Waals surface area contributed by atoms with E-state index in [1.54, 1.807) is 0 Å². The van der Waals surface area contributed by atoms with Gasteiger partial charge >= 0.3 is 18.0 Å². The van der Waals surface area contributed by atoms with Crippen molar-refractivity contribution in [2.24, 2.45) is 5.73 Å². The van der Waals surface area contributed by atoms with E-state index in [2.05, 4.69) is 25.3 Å². The number of nitrogens with two attached hydrogens (primary N) is 2. The van der Waals surface area contributed by atoms with Crippen LogP contribution in [0.4, 0.5) is 16.4 Å². The smallest absolute Gasteiger partial charge is 0.326 e. The number of carboxylic acid groups (broad SMARTS) is 2. The van der Waals surface area contributed by atoms with E-state index < -0.39 is 41.9 Å². The molecule has 182 valence electrons. The van der Waals surface area contributed by atoms with Crippen LogP contribution in [-0.2, 0) is 16.1 Å². The molecule has 3 rings (SSSR count). The lowest BCUT2D eigenvalue weighted by Crippen LogP contribution is -2.41. The number of nitrogens with one attached hydrogen (secondary N) is 2. The molecule has 0 saturated carbocycles. The molecule has 0 bridgehead atoms. The fourth-order valence-corrected chi connectivity index (χ4v) is 3.07. The van der Waals surface area contributed by atoms with Gasteiger partial charge in [-0.15, -0.1) is 0 Å². The molecule has 2 heterocycles. The van der Waals surface area contributed by atoms with Crippen LogP contribution in [0.25, 0.3) is 11.2 Å². The Kier molecular flexibility index (Phi) is 7.19. The molecule has 0 aliphatic rings. The Morgan fingerprint density at radius 2 is 1.80 bits per heavy atom. The Labute approximate surface area is 195 Å². The third-order valence-electron chi connectivity index (χ3n) is 4.76. The van der Waals surface area contributed by atoms with Crippen molar-refractivity contribution in [2.45, 2.75) is 25.4 Å². The van der Waals surface area contributed by atoms with Crippen molar-refractivity contribution in [3.8, 4) is 0 Å². The van der Waals surface area contributed by atoms with Crippen molar-refractivity contribution in [2.75, 3.05) is 10.6 Å². The van der Waals surface area contributed by atoms with Crippen molar-refractivity contribution in [3.63, 3.8) is 0 Å². The van der Waals surface area contributed by atoms with Gasteiger partial charge in [-0.25, -0.2) is 19.6 Å². The van der Waals surface area contributed by atoms with Gasteiger partial charge in [-0.05, 0) is 30.7 Å². The highest BCUT2D eigenvalue weighted by Crippen LogP contribution is 2.18. The van der Waals surface area contributed by atoms with Gasteiger partial charge in [-0.2, -0.15) is 4.98 Å². The first-order valence-electron chi connectivity index (χ1n) is 9.99. The van der Waals surface area contributed by atoms with Crippen LogP contribution in [0.5, 0.6) is 0 Å². The molecule has 0 spiro atoms. The molecule has 8 N–H and O–H groups in total. The van der Waals surface area contributed by atoms with E-state index in [1.807, 2.05) is 0 Å². The zero-order valence-electron chi connectivity index (χ0n) is 18.0. The van der Waals surface area contributed by atoms with E-state index in [0.29, 0.717) is 0 Å². The Balaban J connectivity index is 1.78. The highest BCUT2D eigenvalue weighted by atomic mass is 16.4. The first kappa shape index (κ1) is 24.6. The number of anilines is 2. The molecule has 2 aromatic heterocycles. The molecule has 3 aromatic rings. The summed E-state index contributed by atoms with van der Waals surface area (Å²) in [5.41, 5.74) is 10.9. The van der Waals surface area contributed by atoms with E-state index in [1.165, 1.54) is 30.5 Å². The first-order chi connectivity index (χ1) is 16.5. The number of fused-ring (bicyclic) bond motifs is 1. The van der Waals surface area contributed by atoms with E-state index >= 15 is 0 Å². The maximum atomic E-state index is 12.4. The van der Waals surface area contributed by atoms with Crippen molar-refractivity contribution >= 4 is 46.7 Å². The summed E-state index contributed by atoms with van der Waals surface area (Å²) < 4.78 is 0. The average molecular weight is 484 g/mol. The minimum Gasteiger partial charge on any atom is -0.481 e. The fourth-order valence-electron chi connectivity index (χ4n) is 3.07. The van der Waals surface area contributed by atoms with Gasteiger partial charge in [0, 0.05) is 17.7 Å². The number of hydrogen-bond acceptors (Lipinski definition) is 9. The Morgan fingerprint density at radius 1 is 1.11 bits per heavy atom. The van der Waals surface area contributed by atoms with Crippen LogP contribution in [0.1, 0.15) is 28.9 Å². The molecule has 35 heavy (non-hydrogen) atoms. The monoisotopic (exact) mass is 484 g/mol. The standard InChI is InChI=1S/C20H20N8O7/c21-19-26-15-14(17(32)27-19)24-10(7-23-15)8-28(20(22)35)11-3-1-9(2-4-11)16(31)25-12(18(33)34)5-6-13(29)30/h1-4,7,12H,5-6,8H2,(H2,22,35)(H,25,31)(H,29,30)(H,33,34)(H3,21,23,26,27,32)/t12-/m0/s1. The molecule has 0 radical (unpaired) electrons. The van der Waals surface area contributed by atoms with Gasteiger partial charge in [0.1, 0.15) is 6.04 Å². The van der Waals surface area contributed by atoms with Gasteiger partial charge in [0.15, 0.2) is 11.2 Å². The number of amides is 3. The number of aromatic amines is 1. The van der Waals surface area contributed by atoms with Crippen LogP contribution in [0.3, 0.4) is 0 Å². The zero-order chi connectivity index (χ0) is 25.7. The van der Waals surface area contributed by atoms with Crippen LogP contribution in [0, 0.1) is 0 Å². The predicted molar refractivity (Wildman–Crippen MR) is 120 cm³/mol. The number of hydrogen-bond donors (Lipinski definition) is 6. The average Bonchev–Trinajstić information content (AvgIpc) is 2.79. The second kappa shape index (κ2) is 10.2. The maximum absolute atomic E-state index is 12.4. The number of rotatable bonds is 9. The summed E-state index contributed by atoms with van der Waals surface area (Å²) in [5.74, 6) is -3.43. The summed E-state index contributed by atoms with van der Waals surface area (Å²) >= 11 is 0. The number of H-pyrrole nitrogens is 1. The van der Waals surface area contributed by atoms with Crippen molar-refractivity contribution in [1.82, 2.24) is 25.3 Å². The van der Waals surface area contributed by atoms with Crippen LogP contribution in [0.15, 0.2) is 35.3 Å². The number of carbonyl (C=O) groups is 4. The quantitative estimate of drug-likeness (QED) is 0.224. The Bertz CT molecular complexity index is 1360. The normalized spacial score (nSPS) is 11.5. The van der Waals surface area contributed by atoms with E-state index in [4.69, 9.17) is 16.6 Å². The number of nitrogens with zero attached hydrogens (tertiary/aromatic N) is 4. The van der Waals surface area contributed by atoms with Gasteiger partial charge in [0.25, 0.3) is 11.5 Å². The molecular formula is C20H20N8O7. The number of urea groups is 1. The van der Waals surface area contributed by atoms with Crippen molar-refractivity contribution < 1.29 is 29.4 Å². The van der Waals surface area contributed by atoms with E-state index in [9.17, 15) is 29.1 Å². The Hall–Kier alpha value is -5.08. The van der Waals surface area contributed by atoms with Gasteiger partial charge < -0.3 is 27.0 Å². The SMILES string of the molecule is NC(=O)N(Cc1cnc2nc(N)[nH]c(=O)c2n1)c1ccc(C(=O)N[C@@H](CCC(=O)O)C(=O)O)cc1. The first-order valence-corrected chi connectivity index (χ1v) is 9.99. The van der Waals surface area contributed by atoms with Crippen LogP contribution in [0.2, 0.25) is 0 Å². The third kappa shape index (κ3) is 6.04.